The van der Waals surface area contributed by atoms with Crippen molar-refractivity contribution in [3.05, 3.63) is 60.1 Å². The third-order valence-corrected chi connectivity index (χ3v) is 2.80. The van der Waals surface area contributed by atoms with E-state index in [1.54, 1.807) is 18.3 Å². The Balaban J connectivity index is 1.80. The van der Waals surface area contributed by atoms with E-state index in [-0.39, 0.29) is 11.7 Å². The molecule has 2 heterocycles. The van der Waals surface area contributed by atoms with Crippen molar-refractivity contribution in [1.29, 1.82) is 0 Å². The molecule has 0 atom stereocenters. The summed E-state index contributed by atoms with van der Waals surface area (Å²) in [6.45, 7) is 1.94. The highest BCUT2D eigenvalue weighted by Gasteiger charge is 2.16. The molecule has 21 heavy (non-hydrogen) atoms. The van der Waals surface area contributed by atoms with E-state index < -0.39 is 5.91 Å². The molecule has 0 saturated carbocycles. The fourth-order valence-electron chi connectivity index (χ4n) is 1.78. The molecule has 1 amide bonds. The molecule has 6 nitrogen and oxygen atoms in total. The van der Waals surface area contributed by atoms with Crippen molar-refractivity contribution in [3.63, 3.8) is 0 Å². The number of aromatic nitrogens is 3. The molecule has 0 aliphatic rings. The van der Waals surface area contributed by atoms with E-state index in [1.165, 1.54) is 0 Å². The lowest BCUT2D eigenvalue weighted by molar-refractivity contribution is 0.0981. The number of carbonyl (C=O) groups excluding carboxylic acids is 1. The molecule has 2 aromatic heterocycles. The third-order valence-electron chi connectivity index (χ3n) is 2.80. The number of rotatable bonds is 3. The highest BCUT2D eigenvalue weighted by Crippen LogP contribution is 2.15. The van der Waals surface area contributed by atoms with Crippen LogP contribution in [0.2, 0.25) is 0 Å². The van der Waals surface area contributed by atoms with Gasteiger partial charge in [0.1, 0.15) is 5.69 Å². The summed E-state index contributed by atoms with van der Waals surface area (Å²) in [5.74, 6) is -0.262. The average Bonchev–Trinajstić information content (AvgIpc) is 2.98. The number of benzene rings is 1. The Morgan fingerprint density at radius 2 is 2.00 bits per heavy atom. The zero-order valence-electron chi connectivity index (χ0n) is 11.3. The minimum atomic E-state index is -0.451. The zero-order chi connectivity index (χ0) is 14.7. The zero-order valence-corrected chi connectivity index (χ0v) is 11.3. The average molecular weight is 280 g/mol. The molecule has 0 unspecified atom stereocenters. The van der Waals surface area contributed by atoms with E-state index in [0.717, 1.165) is 5.56 Å². The van der Waals surface area contributed by atoms with Crippen LogP contribution >= 0.6 is 0 Å². The quantitative estimate of drug-likeness (QED) is 0.797. The van der Waals surface area contributed by atoms with Crippen LogP contribution in [0.5, 0.6) is 0 Å². The molecule has 3 rings (SSSR count). The van der Waals surface area contributed by atoms with Crippen LogP contribution in [-0.4, -0.2) is 21.0 Å². The normalized spacial score (nSPS) is 10.3. The summed E-state index contributed by atoms with van der Waals surface area (Å²) in [5.41, 5.74) is 2.26. The van der Waals surface area contributed by atoms with Crippen LogP contribution < -0.4 is 5.32 Å². The predicted molar refractivity (Wildman–Crippen MR) is 76.7 cm³/mol. The number of amides is 1. The highest BCUT2D eigenvalue weighted by atomic mass is 16.5. The van der Waals surface area contributed by atoms with Gasteiger partial charge in [0.15, 0.2) is 0 Å². The Morgan fingerprint density at radius 3 is 2.76 bits per heavy atom. The number of aryl methyl sites for hydroxylation is 1. The van der Waals surface area contributed by atoms with Crippen LogP contribution in [0, 0.1) is 6.92 Å². The molecule has 1 N–H and O–H groups in total. The van der Waals surface area contributed by atoms with Crippen molar-refractivity contribution in [1.82, 2.24) is 15.1 Å². The second-order valence-corrected chi connectivity index (χ2v) is 4.46. The number of carbonyl (C=O) groups is 1. The summed E-state index contributed by atoms with van der Waals surface area (Å²) in [7, 11) is 0. The lowest BCUT2D eigenvalue weighted by Crippen LogP contribution is -2.12. The van der Waals surface area contributed by atoms with Crippen molar-refractivity contribution in [2.45, 2.75) is 6.92 Å². The summed E-state index contributed by atoms with van der Waals surface area (Å²) >= 11 is 0. The minimum absolute atomic E-state index is 0.0999. The molecule has 1 aromatic carbocycles. The summed E-state index contributed by atoms with van der Waals surface area (Å²) in [4.78, 5) is 20.2. The molecule has 0 radical (unpaired) electrons. The van der Waals surface area contributed by atoms with Crippen molar-refractivity contribution in [2.75, 3.05) is 5.32 Å². The van der Waals surface area contributed by atoms with Crippen molar-refractivity contribution in [2.24, 2.45) is 0 Å². The Bertz CT molecular complexity index is 768. The van der Waals surface area contributed by atoms with E-state index in [0.29, 0.717) is 11.4 Å². The first kappa shape index (κ1) is 13.0. The van der Waals surface area contributed by atoms with E-state index in [1.807, 2.05) is 37.3 Å². The number of hydrogen-bond acceptors (Lipinski definition) is 5. The van der Waals surface area contributed by atoms with Gasteiger partial charge in [0.05, 0.1) is 0 Å². The van der Waals surface area contributed by atoms with Crippen LogP contribution in [0.1, 0.15) is 16.2 Å². The van der Waals surface area contributed by atoms with Crippen LogP contribution in [0.25, 0.3) is 11.5 Å². The van der Waals surface area contributed by atoms with Gasteiger partial charge in [-0.15, -0.1) is 0 Å². The molecule has 6 heteroatoms. The van der Waals surface area contributed by atoms with E-state index in [4.69, 9.17) is 4.52 Å². The first-order chi connectivity index (χ1) is 10.2. The highest BCUT2D eigenvalue weighted by molar-refractivity contribution is 6.01. The Labute approximate surface area is 120 Å². The largest absolute Gasteiger partial charge is 0.328 e. The summed E-state index contributed by atoms with van der Waals surface area (Å²) in [5, 5.41) is 6.46. The molecule has 0 spiro atoms. The van der Waals surface area contributed by atoms with Crippen LogP contribution in [0.3, 0.4) is 0 Å². The molecule has 0 aliphatic carbocycles. The standard InChI is InChI=1S/C15H12N4O2/c1-10-7-8-16-12(9-10)13-18-15(21-19-13)14(20)17-11-5-3-2-4-6-11/h2-9H,1H3,(H,17,20). The van der Waals surface area contributed by atoms with Gasteiger partial charge < -0.3 is 9.84 Å². The van der Waals surface area contributed by atoms with Crippen LogP contribution in [0.4, 0.5) is 5.69 Å². The van der Waals surface area contributed by atoms with Gasteiger partial charge in [-0.05, 0) is 36.8 Å². The van der Waals surface area contributed by atoms with Gasteiger partial charge in [-0.25, -0.2) is 0 Å². The van der Waals surface area contributed by atoms with Crippen LogP contribution in [0.15, 0.2) is 53.2 Å². The monoisotopic (exact) mass is 280 g/mol. The van der Waals surface area contributed by atoms with Crippen molar-refractivity contribution < 1.29 is 9.32 Å². The molecule has 3 aromatic rings. The Kier molecular flexibility index (Phi) is 3.42. The molecular weight excluding hydrogens is 268 g/mol. The SMILES string of the molecule is Cc1ccnc(-c2noc(C(=O)Nc3ccccc3)n2)c1. The molecule has 0 bridgehead atoms. The first-order valence-corrected chi connectivity index (χ1v) is 6.35. The third kappa shape index (κ3) is 2.94. The fraction of sp³-hybridized carbons (Fsp3) is 0.0667. The fourth-order valence-corrected chi connectivity index (χ4v) is 1.78. The predicted octanol–water partition coefficient (Wildman–Crippen LogP) is 2.69. The molecule has 0 saturated heterocycles. The first-order valence-electron chi connectivity index (χ1n) is 6.35. The number of pyridine rings is 1. The number of nitrogens with zero attached hydrogens (tertiary/aromatic N) is 3. The lowest BCUT2D eigenvalue weighted by atomic mass is 10.2. The Hall–Kier alpha value is -3.02. The minimum Gasteiger partial charge on any atom is -0.328 e. The smallest absolute Gasteiger partial charge is 0.316 e. The van der Waals surface area contributed by atoms with E-state index in [9.17, 15) is 4.79 Å². The molecule has 0 aliphatic heterocycles. The number of hydrogen-bond donors (Lipinski definition) is 1. The topological polar surface area (TPSA) is 80.9 Å². The van der Waals surface area contributed by atoms with Gasteiger partial charge in [-0.1, -0.05) is 23.4 Å². The van der Waals surface area contributed by atoms with Gasteiger partial charge in [0.2, 0.25) is 5.82 Å². The maximum atomic E-state index is 12.0. The van der Waals surface area contributed by atoms with Crippen LogP contribution in [-0.2, 0) is 0 Å². The van der Waals surface area contributed by atoms with Gasteiger partial charge >= 0.3 is 11.8 Å². The number of nitrogens with one attached hydrogen (secondary N) is 1. The Morgan fingerprint density at radius 1 is 1.19 bits per heavy atom. The van der Waals surface area contributed by atoms with E-state index >= 15 is 0 Å². The van der Waals surface area contributed by atoms with Gasteiger partial charge in [-0.2, -0.15) is 4.98 Å². The maximum absolute atomic E-state index is 12.0. The van der Waals surface area contributed by atoms with Gasteiger partial charge in [-0.3, -0.25) is 9.78 Å². The summed E-state index contributed by atoms with van der Waals surface area (Å²) in [6, 6.07) is 12.8. The lowest BCUT2D eigenvalue weighted by Gasteiger charge is -2.00. The number of anilines is 1. The van der Waals surface area contributed by atoms with E-state index in [2.05, 4.69) is 20.4 Å². The molecule has 104 valence electrons. The maximum Gasteiger partial charge on any atom is 0.316 e. The molecular formula is C15H12N4O2. The second kappa shape index (κ2) is 5.54. The summed E-state index contributed by atoms with van der Waals surface area (Å²) in [6.07, 6.45) is 1.66. The van der Waals surface area contributed by atoms with Gasteiger partial charge in [0.25, 0.3) is 0 Å². The number of para-hydroxylation sites is 1. The molecule has 0 fully saturated rings. The summed E-state index contributed by atoms with van der Waals surface area (Å²) < 4.78 is 4.98. The van der Waals surface area contributed by atoms with Crippen molar-refractivity contribution >= 4 is 11.6 Å². The van der Waals surface area contributed by atoms with Crippen molar-refractivity contribution in [3.8, 4) is 11.5 Å². The second-order valence-electron chi connectivity index (χ2n) is 4.46. The van der Waals surface area contributed by atoms with Gasteiger partial charge in [0, 0.05) is 11.9 Å².